The van der Waals surface area contributed by atoms with Crippen LogP contribution in [0.1, 0.15) is 12.1 Å². The van der Waals surface area contributed by atoms with E-state index in [1.807, 2.05) is 20.2 Å². The van der Waals surface area contributed by atoms with Crippen molar-refractivity contribution in [2.75, 3.05) is 44.9 Å². The number of thiophene rings is 1. The fourth-order valence-electron chi connectivity index (χ4n) is 2.61. The molecule has 0 aliphatic rings. The molecule has 0 saturated carbocycles. The zero-order valence-electron chi connectivity index (χ0n) is 15.8. The van der Waals surface area contributed by atoms with Crippen molar-refractivity contribution in [1.82, 2.24) is 19.9 Å². The summed E-state index contributed by atoms with van der Waals surface area (Å²) in [5.74, 6) is 1.20. The number of aromatic nitrogens is 3. The fourth-order valence-corrected chi connectivity index (χ4v) is 3.67. The van der Waals surface area contributed by atoms with Crippen LogP contribution in [0.2, 0.25) is 0 Å². The van der Waals surface area contributed by atoms with Crippen LogP contribution in [0, 0.1) is 0 Å². The van der Waals surface area contributed by atoms with Crippen molar-refractivity contribution < 1.29 is 13.2 Å². The van der Waals surface area contributed by atoms with Gasteiger partial charge in [0.2, 0.25) is 5.95 Å². The van der Waals surface area contributed by atoms with Crippen LogP contribution in [0.4, 0.5) is 24.9 Å². The number of hydrogen-bond donors (Lipinski definition) is 2. The summed E-state index contributed by atoms with van der Waals surface area (Å²) in [5.41, 5.74) is 0.438. The van der Waals surface area contributed by atoms with E-state index in [2.05, 4.69) is 30.5 Å². The van der Waals surface area contributed by atoms with E-state index in [1.165, 1.54) is 23.6 Å². The van der Waals surface area contributed by atoms with E-state index in [-0.39, 0.29) is 0 Å². The molecule has 3 aromatic rings. The maximum absolute atomic E-state index is 12.7. The molecule has 0 unspecified atom stereocenters. The van der Waals surface area contributed by atoms with Crippen molar-refractivity contribution in [1.29, 1.82) is 0 Å². The Morgan fingerprint density at radius 1 is 1.18 bits per heavy atom. The first-order valence-electron chi connectivity index (χ1n) is 8.69. The first kappa shape index (κ1) is 20.3. The van der Waals surface area contributed by atoms with E-state index in [0.29, 0.717) is 17.3 Å². The zero-order valence-corrected chi connectivity index (χ0v) is 16.6. The Morgan fingerprint density at radius 2 is 1.96 bits per heavy atom. The second kappa shape index (κ2) is 8.27. The smallest absolute Gasteiger partial charge is 0.369 e. The van der Waals surface area contributed by atoms with Gasteiger partial charge in [-0.3, -0.25) is 4.98 Å². The molecule has 0 aliphatic carbocycles. The minimum absolute atomic E-state index is 0.484. The highest BCUT2D eigenvalue weighted by atomic mass is 32.1. The average molecular weight is 410 g/mol. The molecule has 0 aromatic carbocycles. The molecule has 0 saturated heterocycles. The Labute approximate surface area is 164 Å². The molecule has 3 heterocycles. The Kier molecular flexibility index (Phi) is 5.99. The van der Waals surface area contributed by atoms with Gasteiger partial charge < -0.3 is 15.5 Å². The number of nitrogens with zero attached hydrogens (tertiary/aromatic N) is 4. The molecule has 2 N–H and O–H groups in total. The summed E-state index contributed by atoms with van der Waals surface area (Å²) in [7, 11) is 5.78. The lowest BCUT2D eigenvalue weighted by Crippen LogP contribution is -2.16. The van der Waals surface area contributed by atoms with Gasteiger partial charge in [-0.1, -0.05) is 0 Å². The Bertz CT molecular complexity index is 937. The highest BCUT2D eigenvalue weighted by Crippen LogP contribution is 2.37. The summed E-state index contributed by atoms with van der Waals surface area (Å²) in [6, 6.07) is 4.26. The Morgan fingerprint density at radius 3 is 2.57 bits per heavy atom. The lowest BCUT2D eigenvalue weighted by molar-refractivity contribution is -0.141. The van der Waals surface area contributed by atoms with Crippen molar-refractivity contribution in [3.8, 4) is 10.4 Å². The molecule has 10 heteroatoms. The molecule has 0 amide bonds. The maximum atomic E-state index is 12.7. The molecule has 0 spiro atoms. The third kappa shape index (κ3) is 4.68. The zero-order chi connectivity index (χ0) is 20.3. The monoisotopic (exact) mass is 410 g/mol. The van der Waals surface area contributed by atoms with Gasteiger partial charge in [0.25, 0.3) is 0 Å². The van der Waals surface area contributed by atoms with E-state index in [9.17, 15) is 13.2 Å². The molecule has 150 valence electrons. The summed E-state index contributed by atoms with van der Waals surface area (Å²) in [6.07, 6.45) is -2.26. The number of rotatable bonds is 7. The number of halogens is 3. The lowest BCUT2D eigenvalue weighted by atomic mass is 10.2. The Hall–Kier alpha value is -2.46. The minimum atomic E-state index is -4.45. The van der Waals surface area contributed by atoms with Gasteiger partial charge in [-0.15, -0.1) is 11.3 Å². The average Bonchev–Trinajstić information content (AvgIpc) is 3.08. The molecule has 28 heavy (non-hydrogen) atoms. The standard InChI is InChI=1S/C18H21F3N6S/c1-22-17-25-12-9-13(11-5-6-14(24-10-11)18(19,20)21)28-15(12)16(26-17)23-7-4-8-27(2)3/h5-6,9-10H,4,7-8H2,1-3H3,(H2,22,23,25,26). The van der Waals surface area contributed by atoms with Gasteiger partial charge in [0.15, 0.2) is 0 Å². The van der Waals surface area contributed by atoms with Crippen LogP contribution in [-0.2, 0) is 6.18 Å². The highest BCUT2D eigenvalue weighted by molar-refractivity contribution is 7.22. The first-order valence-corrected chi connectivity index (χ1v) is 9.51. The third-order valence-corrected chi connectivity index (χ3v) is 5.19. The topological polar surface area (TPSA) is 66.0 Å². The van der Waals surface area contributed by atoms with Gasteiger partial charge in [-0.25, -0.2) is 4.98 Å². The van der Waals surface area contributed by atoms with Crippen molar-refractivity contribution >= 4 is 33.3 Å². The number of pyridine rings is 1. The Balaban J connectivity index is 1.90. The molecule has 0 aliphatic heterocycles. The quantitative estimate of drug-likeness (QED) is 0.570. The van der Waals surface area contributed by atoms with Crippen LogP contribution in [0.25, 0.3) is 20.7 Å². The minimum Gasteiger partial charge on any atom is -0.369 e. The number of fused-ring (bicyclic) bond motifs is 1. The second-order valence-corrected chi connectivity index (χ2v) is 7.54. The first-order chi connectivity index (χ1) is 13.3. The predicted molar refractivity (Wildman–Crippen MR) is 107 cm³/mol. The highest BCUT2D eigenvalue weighted by Gasteiger charge is 2.32. The second-order valence-electron chi connectivity index (χ2n) is 6.48. The van der Waals surface area contributed by atoms with Crippen LogP contribution in [0.15, 0.2) is 24.4 Å². The van der Waals surface area contributed by atoms with Gasteiger partial charge in [0.05, 0.1) is 10.2 Å². The van der Waals surface area contributed by atoms with Gasteiger partial charge in [-0.2, -0.15) is 18.2 Å². The SMILES string of the molecule is CNc1nc(NCCCN(C)C)c2sc(-c3ccc(C(F)(F)F)nc3)cc2n1. The summed E-state index contributed by atoms with van der Waals surface area (Å²) < 4.78 is 39.0. The number of nitrogens with one attached hydrogen (secondary N) is 2. The normalized spacial score (nSPS) is 12.0. The van der Waals surface area contributed by atoms with Gasteiger partial charge in [0.1, 0.15) is 11.5 Å². The van der Waals surface area contributed by atoms with Crippen LogP contribution < -0.4 is 10.6 Å². The van der Waals surface area contributed by atoms with E-state index < -0.39 is 11.9 Å². The third-order valence-electron chi connectivity index (χ3n) is 4.01. The van der Waals surface area contributed by atoms with Gasteiger partial charge in [-0.05, 0) is 45.3 Å². The van der Waals surface area contributed by atoms with Gasteiger partial charge >= 0.3 is 6.18 Å². The van der Waals surface area contributed by atoms with Crippen LogP contribution in [-0.4, -0.2) is 54.1 Å². The maximum Gasteiger partial charge on any atom is 0.433 e. The molecule has 0 bridgehead atoms. The van der Waals surface area contributed by atoms with E-state index in [0.717, 1.165) is 40.7 Å². The van der Waals surface area contributed by atoms with Crippen LogP contribution in [0.3, 0.4) is 0 Å². The van der Waals surface area contributed by atoms with Crippen molar-refractivity contribution in [2.24, 2.45) is 0 Å². The molecular weight excluding hydrogens is 389 g/mol. The number of anilines is 2. The van der Waals surface area contributed by atoms with E-state index in [1.54, 1.807) is 7.05 Å². The van der Waals surface area contributed by atoms with E-state index >= 15 is 0 Å². The van der Waals surface area contributed by atoms with Crippen LogP contribution >= 0.6 is 11.3 Å². The van der Waals surface area contributed by atoms with Crippen molar-refractivity contribution in [2.45, 2.75) is 12.6 Å². The lowest BCUT2D eigenvalue weighted by Gasteiger charge is -2.11. The number of hydrogen-bond acceptors (Lipinski definition) is 7. The molecule has 0 radical (unpaired) electrons. The largest absolute Gasteiger partial charge is 0.433 e. The molecule has 0 fully saturated rings. The predicted octanol–water partition coefficient (Wildman–Crippen LogP) is 4.18. The molecule has 0 atom stereocenters. The fraction of sp³-hybridized carbons (Fsp3) is 0.389. The van der Waals surface area contributed by atoms with Crippen molar-refractivity contribution in [3.63, 3.8) is 0 Å². The summed E-state index contributed by atoms with van der Waals surface area (Å²) in [6.45, 7) is 1.70. The van der Waals surface area contributed by atoms with Gasteiger partial charge in [0, 0.05) is 30.2 Å². The molecule has 6 nitrogen and oxygen atoms in total. The number of alkyl halides is 3. The van der Waals surface area contributed by atoms with E-state index in [4.69, 9.17) is 0 Å². The summed E-state index contributed by atoms with van der Waals surface area (Å²) in [5, 5.41) is 6.28. The summed E-state index contributed by atoms with van der Waals surface area (Å²) >= 11 is 1.43. The van der Waals surface area contributed by atoms with Crippen LogP contribution in [0.5, 0.6) is 0 Å². The molecule has 3 rings (SSSR count). The molecular formula is C18H21F3N6S. The summed E-state index contributed by atoms with van der Waals surface area (Å²) in [4.78, 5) is 15.4. The molecule has 3 aromatic heterocycles. The van der Waals surface area contributed by atoms with Crippen molar-refractivity contribution in [3.05, 3.63) is 30.1 Å².